The first kappa shape index (κ1) is 31.1. The molecule has 11 heteroatoms. The van der Waals surface area contributed by atoms with Crippen molar-refractivity contribution in [1.82, 2.24) is 4.90 Å². The van der Waals surface area contributed by atoms with Gasteiger partial charge in [0.05, 0.1) is 22.0 Å². The lowest BCUT2D eigenvalue weighted by atomic mass is 9.80. The normalized spacial score (nSPS) is 22.3. The summed E-state index contributed by atoms with van der Waals surface area (Å²) in [6, 6.07) is 4.41. The molecule has 1 amide bonds. The van der Waals surface area contributed by atoms with Crippen molar-refractivity contribution >= 4 is 43.3 Å². The van der Waals surface area contributed by atoms with Gasteiger partial charge in [-0.05, 0) is 73.6 Å². The zero-order valence-corrected chi connectivity index (χ0v) is 24.3. The van der Waals surface area contributed by atoms with Crippen LogP contribution in [0.25, 0.3) is 0 Å². The number of ether oxygens (including phenoxy) is 2. The maximum absolute atomic E-state index is 13.2. The third-order valence-corrected chi connectivity index (χ3v) is 9.40. The van der Waals surface area contributed by atoms with Crippen LogP contribution in [0.3, 0.4) is 0 Å². The number of carbonyl (C=O) groups excluding carboxylic acids is 2. The Morgan fingerprint density at radius 3 is 2.45 bits per heavy atom. The Morgan fingerprint density at radius 1 is 1.05 bits per heavy atom. The van der Waals surface area contributed by atoms with Gasteiger partial charge < -0.3 is 14.6 Å². The van der Waals surface area contributed by atoms with E-state index in [0.717, 1.165) is 57.8 Å². The van der Waals surface area contributed by atoms with Gasteiger partial charge >= 0.3 is 20.1 Å². The molecule has 2 N–H and O–H groups in total. The van der Waals surface area contributed by atoms with E-state index in [0.29, 0.717) is 40.5 Å². The van der Waals surface area contributed by atoms with E-state index in [1.165, 1.54) is 4.90 Å². The van der Waals surface area contributed by atoms with Crippen LogP contribution in [-0.2, 0) is 18.8 Å². The highest BCUT2D eigenvalue weighted by atomic mass is 35.5. The summed E-state index contributed by atoms with van der Waals surface area (Å²) in [4.78, 5) is 36.0. The highest BCUT2D eigenvalue weighted by Crippen LogP contribution is 2.37. The van der Waals surface area contributed by atoms with Crippen molar-refractivity contribution in [2.24, 2.45) is 17.8 Å². The number of aliphatic hydroxyl groups is 1. The summed E-state index contributed by atoms with van der Waals surface area (Å²) in [5, 5.41) is 11.9. The molecule has 0 saturated heterocycles. The zero-order valence-electron chi connectivity index (χ0n) is 21.9. The molecule has 2 aliphatic rings. The standard InChI is InChI=1S/C27H38Cl2NO7P/c1-18(22-11-12-23(28)24(29)15-22)30(27(33)37-17-36-26(32)21-8-3-2-4-9-21)25(31)13-10-19-6-5-7-20(14-19)16-38(34)35/h11-12,15,18-21,25,31H,2-10,13-14,16-17H2,1H3/p+1/t18-,19?,20?,25?/m1/s1. The fourth-order valence-electron chi connectivity index (χ4n) is 5.71. The van der Waals surface area contributed by atoms with E-state index in [4.69, 9.17) is 32.7 Å². The first-order valence-electron chi connectivity index (χ1n) is 13.5. The number of rotatable bonds is 11. The van der Waals surface area contributed by atoms with E-state index in [9.17, 15) is 24.2 Å². The molecule has 2 aliphatic carbocycles. The topological polar surface area (TPSA) is 113 Å². The molecule has 1 aromatic rings. The van der Waals surface area contributed by atoms with Crippen molar-refractivity contribution in [2.75, 3.05) is 13.0 Å². The van der Waals surface area contributed by atoms with E-state index in [1.54, 1.807) is 25.1 Å². The van der Waals surface area contributed by atoms with Gasteiger partial charge in [0.2, 0.25) is 6.79 Å². The molecule has 38 heavy (non-hydrogen) atoms. The molecule has 5 atom stereocenters. The molecule has 0 bridgehead atoms. The van der Waals surface area contributed by atoms with Gasteiger partial charge in [-0.25, -0.2) is 4.79 Å². The second kappa shape index (κ2) is 15.4. The van der Waals surface area contributed by atoms with Gasteiger partial charge in [-0.2, -0.15) is 4.89 Å². The Hall–Kier alpha value is -1.44. The Kier molecular flexibility index (Phi) is 12.6. The number of halogens is 2. The van der Waals surface area contributed by atoms with E-state index >= 15 is 0 Å². The van der Waals surface area contributed by atoms with Crippen molar-refractivity contribution in [2.45, 2.75) is 89.8 Å². The molecule has 1 aromatic carbocycles. The Morgan fingerprint density at radius 2 is 1.76 bits per heavy atom. The predicted octanol–water partition coefficient (Wildman–Crippen LogP) is 7.21. The summed E-state index contributed by atoms with van der Waals surface area (Å²) < 4.78 is 21.8. The second-order valence-electron chi connectivity index (χ2n) is 10.6. The fourth-order valence-corrected chi connectivity index (χ4v) is 6.79. The van der Waals surface area contributed by atoms with E-state index in [2.05, 4.69) is 0 Å². The summed E-state index contributed by atoms with van der Waals surface area (Å²) in [6.07, 6.45) is 7.70. The van der Waals surface area contributed by atoms with Gasteiger partial charge in [0.15, 0.2) is 6.16 Å². The van der Waals surface area contributed by atoms with Crippen LogP contribution in [-0.4, -0.2) is 46.1 Å². The first-order chi connectivity index (χ1) is 18.2. The smallest absolute Gasteiger partial charge is 0.428 e. The molecule has 4 unspecified atom stereocenters. The molecule has 0 heterocycles. The number of esters is 1. The monoisotopic (exact) mass is 590 g/mol. The minimum absolute atomic E-state index is 0.164. The highest BCUT2D eigenvalue weighted by molar-refractivity contribution is 7.38. The maximum Gasteiger partial charge on any atom is 0.505 e. The molecule has 0 radical (unpaired) electrons. The molecule has 212 valence electrons. The van der Waals surface area contributed by atoms with Crippen molar-refractivity contribution < 1.29 is 33.6 Å². The number of amides is 1. The molecule has 3 rings (SSSR count). The lowest BCUT2D eigenvalue weighted by molar-refractivity contribution is -0.159. The van der Waals surface area contributed by atoms with E-state index in [-0.39, 0.29) is 17.8 Å². The molecule has 8 nitrogen and oxygen atoms in total. The van der Waals surface area contributed by atoms with Crippen molar-refractivity contribution in [3.05, 3.63) is 33.8 Å². The Bertz CT molecular complexity index is 959. The number of benzene rings is 1. The average molecular weight is 591 g/mol. The van der Waals surface area contributed by atoms with Gasteiger partial charge in [0, 0.05) is 5.92 Å². The van der Waals surface area contributed by atoms with E-state index in [1.807, 2.05) is 0 Å². The number of aliphatic hydroxyl groups excluding tert-OH is 1. The van der Waals surface area contributed by atoms with Crippen LogP contribution in [0.1, 0.15) is 89.2 Å². The van der Waals surface area contributed by atoms with Gasteiger partial charge in [-0.3, -0.25) is 9.69 Å². The van der Waals surface area contributed by atoms with Gasteiger partial charge in [-0.1, -0.05) is 61.4 Å². The lowest BCUT2D eigenvalue weighted by Crippen LogP contribution is -2.43. The summed E-state index contributed by atoms with van der Waals surface area (Å²) in [7, 11) is -2.16. The lowest BCUT2D eigenvalue weighted by Gasteiger charge is -2.34. The Balaban J connectivity index is 1.63. The summed E-state index contributed by atoms with van der Waals surface area (Å²) in [5.41, 5.74) is 0.666. The van der Waals surface area contributed by atoms with Crippen molar-refractivity contribution in [3.63, 3.8) is 0 Å². The molecule has 2 fully saturated rings. The van der Waals surface area contributed by atoms with Crippen molar-refractivity contribution in [1.29, 1.82) is 0 Å². The highest BCUT2D eigenvalue weighted by Gasteiger charge is 2.33. The number of nitrogens with zero attached hydrogens (tertiary/aromatic N) is 1. The van der Waals surface area contributed by atoms with Crippen LogP contribution >= 0.6 is 31.2 Å². The quantitative estimate of drug-likeness (QED) is 0.159. The summed E-state index contributed by atoms with van der Waals surface area (Å²) >= 11 is 12.3. The summed E-state index contributed by atoms with van der Waals surface area (Å²) in [5.74, 6) is -0.0244. The second-order valence-corrected chi connectivity index (χ2v) is 12.5. The van der Waals surface area contributed by atoms with Crippen molar-refractivity contribution in [3.8, 4) is 0 Å². The molecule has 0 spiro atoms. The molecular formula is C27H39Cl2NO7P+. The minimum atomic E-state index is -2.16. The van der Waals surface area contributed by atoms with E-state index < -0.39 is 33.2 Å². The van der Waals surface area contributed by atoms with Crippen LogP contribution in [0.5, 0.6) is 0 Å². The van der Waals surface area contributed by atoms with Crippen LogP contribution in [0, 0.1) is 17.8 Å². The van der Waals surface area contributed by atoms with Crippen LogP contribution in [0.4, 0.5) is 4.79 Å². The maximum atomic E-state index is 13.2. The number of hydrogen-bond acceptors (Lipinski definition) is 6. The minimum Gasteiger partial charge on any atom is -0.428 e. The fraction of sp³-hybridized carbons (Fsp3) is 0.704. The van der Waals surface area contributed by atoms with Crippen LogP contribution in [0.15, 0.2) is 18.2 Å². The number of carbonyl (C=O) groups is 2. The Labute approximate surface area is 235 Å². The van der Waals surface area contributed by atoms with Gasteiger partial charge in [0.1, 0.15) is 6.23 Å². The van der Waals surface area contributed by atoms with Gasteiger partial charge in [-0.15, -0.1) is 0 Å². The predicted molar refractivity (Wildman–Crippen MR) is 146 cm³/mol. The molecule has 0 aromatic heterocycles. The zero-order chi connectivity index (χ0) is 27.7. The summed E-state index contributed by atoms with van der Waals surface area (Å²) in [6.45, 7) is 1.24. The SMILES string of the molecule is C[C@H](c1ccc(Cl)c(Cl)c1)N(C(=O)OCOC(=O)C1CCCCC1)C(O)CCC1CCCC(C[P+](=O)O)C1. The van der Waals surface area contributed by atoms with Crippen LogP contribution < -0.4 is 0 Å². The van der Waals surface area contributed by atoms with Crippen LogP contribution in [0.2, 0.25) is 10.0 Å². The average Bonchev–Trinajstić information content (AvgIpc) is 2.89. The molecular weight excluding hydrogens is 552 g/mol. The third kappa shape index (κ3) is 9.34. The third-order valence-electron chi connectivity index (χ3n) is 7.84. The van der Waals surface area contributed by atoms with Gasteiger partial charge in [0.25, 0.3) is 0 Å². The number of hydrogen-bond donors (Lipinski definition) is 2. The first-order valence-corrected chi connectivity index (χ1v) is 15.7. The largest absolute Gasteiger partial charge is 0.505 e. The molecule has 0 aliphatic heterocycles. The molecule has 2 saturated carbocycles.